The molecule has 0 aliphatic rings. The molecule has 106 valence electrons. The average Bonchev–Trinajstić information content (AvgIpc) is 2.55. The number of pyridine rings is 1. The Hall–Kier alpha value is -2.59. The molecule has 0 aliphatic heterocycles. The minimum atomic E-state index is 0.483. The van der Waals surface area contributed by atoms with Crippen LogP contribution in [0.4, 0.5) is 0 Å². The van der Waals surface area contributed by atoms with E-state index in [1.165, 1.54) is 0 Å². The molecule has 2 aromatic carbocycles. The van der Waals surface area contributed by atoms with Gasteiger partial charge in [0.15, 0.2) is 0 Å². The van der Waals surface area contributed by atoms with Gasteiger partial charge < -0.3 is 15.2 Å². The van der Waals surface area contributed by atoms with E-state index in [1.54, 1.807) is 13.3 Å². The van der Waals surface area contributed by atoms with Gasteiger partial charge in [-0.3, -0.25) is 0 Å². The molecule has 0 saturated carbocycles. The molecule has 21 heavy (non-hydrogen) atoms. The van der Waals surface area contributed by atoms with Gasteiger partial charge in [-0.05, 0) is 47.3 Å². The Balaban J connectivity index is 2.00. The predicted molar refractivity (Wildman–Crippen MR) is 82.7 cm³/mol. The van der Waals surface area contributed by atoms with Crippen LogP contribution in [0, 0.1) is 0 Å². The molecule has 1 heterocycles. The van der Waals surface area contributed by atoms with Crippen molar-refractivity contribution >= 4 is 10.8 Å². The van der Waals surface area contributed by atoms with E-state index in [2.05, 4.69) is 4.98 Å². The average molecular weight is 280 g/mol. The second kappa shape index (κ2) is 5.81. The van der Waals surface area contributed by atoms with Crippen LogP contribution in [0.25, 0.3) is 10.8 Å². The van der Waals surface area contributed by atoms with Crippen LogP contribution in [0.3, 0.4) is 0 Å². The van der Waals surface area contributed by atoms with Gasteiger partial charge in [0.25, 0.3) is 0 Å². The molecule has 0 bridgehead atoms. The second-order valence-corrected chi connectivity index (χ2v) is 4.66. The van der Waals surface area contributed by atoms with Crippen LogP contribution >= 0.6 is 0 Å². The summed E-state index contributed by atoms with van der Waals surface area (Å²) in [4.78, 5) is 4.32. The van der Waals surface area contributed by atoms with Crippen molar-refractivity contribution in [2.45, 2.75) is 6.54 Å². The highest BCUT2D eigenvalue weighted by Crippen LogP contribution is 2.30. The first-order valence-corrected chi connectivity index (χ1v) is 6.70. The molecule has 0 amide bonds. The molecular weight excluding hydrogens is 264 g/mol. The zero-order valence-electron chi connectivity index (χ0n) is 11.7. The summed E-state index contributed by atoms with van der Waals surface area (Å²) >= 11 is 0. The summed E-state index contributed by atoms with van der Waals surface area (Å²) in [7, 11) is 1.65. The van der Waals surface area contributed by atoms with Gasteiger partial charge in [0, 0.05) is 18.1 Å². The molecule has 0 spiro atoms. The van der Waals surface area contributed by atoms with Crippen molar-refractivity contribution < 1.29 is 9.47 Å². The summed E-state index contributed by atoms with van der Waals surface area (Å²) in [5, 5.41) is 1.96. The topological polar surface area (TPSA) is 57.4 Å². The lowest BCUT2D eigenvalue weighted by Gasteiger charge is -2.09. The number of rotatable bonds is 4. The Morgan fingerprint density at radius 1 is 1.05 bits per heavy atom. The van der Waals surface area contributed by atoms with Crippen molar-refractivity contribution in [3.8, 4) is 17.4 Å². The molecule has 0 fully saturated rings. The number of hydrogen-bond donors (Lipinski definition) is 1. The van der Waals surface area contributed by atoms with Crippen molar-refractivity contribution in [1.29, 1.82) is 0 Å². The predicted octanol–water partition coefficient (Wildman–Crippen LogP) is 3.49. The van der Waals surface area contributed by atoms with Crippen LogP contribution in [-0.4, -0.2) is 12.1 Å². The zero-order valence-corrected chi connectivity index (χ0v) is 11.7. The number of hydrogen-bond acceptors (Lipinski definition) is 4. The van der Waals surface area contributed by atoms with E-state index >= 15 is 0 Å². The van der Waals surface area contributed by atoms with E-state index in [0.29, 0.717) is 12.4 Å². The highest BCUT2D eigenvalue weighted by Gasteiger charge is 2.06. The van der Waals surface area contributed by atoms with Gasteiger partial charge in [-0.1, -0.05) is 12.1 Å². The lowest BCUT2D eigenvalue weighted by molar-refractivity contribution is 0.415. The van der Waals surface area contributed by atoms with Gasteiger partial charge in [0.1, 0.15) is 11.5 Å². The summed E-state index contributed by atoms with van der Waals surface area (Å²) in [6.07, 6.45) is 1.73. The summed E-state index contributed by atoms with van der Waals surface area (Å²) in [5.74, 6) is 2.11. The van der Waals surface area contributed by atoms with E-state index in [1.807, 2.05) is 48.5 Å². The number of aromatic nitrogens is 1. The monoisotopic (exact) mass is 280 g/mol. The Bertz CT molecular complexity index is 772. The number of benzene rings is 2. The molecule has 2 N–H and O–H groups in total. The summed E-state index contributed by atoms with van der Waals surface area (Å²) in [6, 6.07) is 15.4. The van der Waals surface area contributed by atoms with Crippen LogP contribution < -0.4 is 15.2 Å². The smallest absolute Gasteiger partial charge is 0.227 e. The van der Waals surface area contributed by atoms with Crippen molar-refractivity contribution in [3.63, 3.8) is 0 Å². The summed E-state index contributed by atoms with van der Waals surface area (Å²) < 4.78 is 11.1. The maximum Gasteiger partial charge on any atom is 0.227 e. The first-order chi connectivity index (χ1) is 10.3. The first kappa shape index (κ1) is 13.4. The summed E-state index contributed by atoms with van der Waals surface area (Å²) in [6.45, 7) is 0.483. The minimum Gasteiger partial charge on any atom is -0.497 e. The Morgan fingerprint density at radius 2 is 1.95 bits per heavy atom. The number of methoxy groups -OCH3 is 1. The minimum absolute atomic E-state index is 0.483. The van der Waals surface area contributed by atoms with E-state index < -0.39 is 0 Å². The second-order valence-electron chi connectivity index (χ2n) is 4.66. The van der Waals surface area contributed by atoms with Crippen molar-refractivity contribution in [1.82, 2.24) is 4.98 Å². The molecule has 3 rings (SSSR count). The highest BCUT2D eigenvalue weighted by molar-refractivity contribution is 5.88. The fourth-order valence-electron chi connectivity index (χ4n) is 2.18. The van der Waals surface area contributed by atoms with E-state index in [-0.39, 0.29) is 0 Å². The van der Waals surface area contributed by atoms with Gasteiger partial charge in [-0.15, -0.1) is 0 Å². The van der Waals surface area contributed by atoms with Crippen molar-refractivity contribution in [2.24, 2.45) is 5.73 Å². The third-order valence-electron chi connectivity index (χ3n) is 3.28. The standard InChI is InChI=1S/C17H16N2O2/c1-20-14-5-6-16-13(10-14)7-8-19-17(16)21-15-4-2-3-12(9-15)11-18/h2-10H,11,18H2,1H3. The fourth-order valence-corrected chi connectivity index (χ4v) is 2.18. The third kappa shape index (κ3) is 2.80. The molecule has 0 atom stereocenters. The van der Waals surface area contributed by atoms with Crippen molar-refractivity contribution in [3.05, 3.63) is 60.3 Å². The van der Waals surface area contributed by atoms with E-state index in [9.17, 15) is 0 Å². The molecule has 0 unspecified atom stereocenters. The first-order valence-electron chi connectivity index (χ1n) is 6.70. The van der Waals surface area contributed by atoms with Gasteiger partial charge in [-0.25, -0.2) is 4.98 Å². The molecule has 1 aromatic heterocycles. The van der Waals surface area contributed by atoms with Crippen LogP contribution in [-0.2, 0) is 6.54 Å². The third-order valence-corrected chi connectivity index (χ3v) is 3.28. The van der Waals surface area contributed by atoms with Crippen molar-refractivity contribution in [2.75, 3.05) is 7.11 Å². The molecule has 0 aliphatic carbocycles. The van der Waals surface area contributed by atoms with Crippen LogP contribution in [0.5, 0.6) is 17.4 Å². The number of fused-ring (bicyclic) bond motifs is 1. The SMILES string of the molecule is COc1ccc2c(Oc3cccc(CN)c3)nccc2c1. The maximum absolute atomic E-state index is 5.90. The molecule has 4 heteroatoms. The van der Waals surface area contributed by atoms with E-state index in [4.69, 9.17) is 15.2 Å². The molecule has 3 aromatic rings. The number of ether oxygens (including phenoxy) is 2. The van der Waals surface area contributed by atoms with Crippen LogP contribution in [0.1, 0.15) is 5.56 Å². The Kier molecular flexibility index (Phi) is 3.71. The zero-order chi connectivity index (χ0) is 14.7. The molecule has 4 nitrogen and oxygen atoms in total. The largest absolute Gasteiger partial charge is 0.497 e. The summed E-state index contributed by atoms with van der Waals surface area (Å²) in [5.41, 5.74) is 6.67. The van der Waals surface area contributed by atoms with Crippen LogP contribution in [0.2, 0.25) is 0 Å². The number of nitrogens with zero attached hydrogens (tertiary/aromatic N) is 1. The number of nitrogens with two attached hydrogens (primary N) is 1. The van der Waals surface area contributed by atoms with E-state index in [0.717, 1.165) is 27.8 Å². The quantitative estimate of drug-likeness (QED) is 0.794. The molecular formula is C17H16N2O2. The lowest BCUT2D eigenvalue weighted by Crippen LogP contribution is -1.96. The highest BCUT2D eigenvalue weighted by atomic mass is 16.5. The van der Waals surface area contributed by atoms with Gasteiger partial charge in [0.2, 0.25) is 5.88 Å². The van der Waals surface area contributed by atoms with Gasteiger partial charge >= 0.3 is 0 Å². The Morgan fingerprint density at radius 3 is 2.76 bits per heavy atom. The maximum atomic E-state index is 5.90. The lowest BCUT2D eigenvalue weighted by atomic mass is 10.1. The normalized spacial score (nSPS) is 10.6. The van der Waals surface area contributed by atoms with Gasteiger partial charge in [0.05, 0.1) is 7.11 Å². The van der Waals surface area contributed by atoms with Crippen LogP contribution in [0.15, 0.2) is 54.7 Å². The van der Waals surface area contributed by atoms with Gasteiger partial charge in [-0.2, -0.15) is 0 Å². The fraction of sp³-hybridized carbons (Fsp3) is 0.118. The molecule has 0 radical (unpaired) electrons. The Labute approximate surface area is 123 Å². The molecule has 0 saturated heterocycles.